The molecule has 1 aromatic carbocycles. The van der Waals surface area contributed by atoms with Gasteiger partial charge in [-0.15, -0.1) is 0 Å². The van der Waals surface area contributed by atoms with Gasteiger partial charge in [0.25, 0.3) is 0 Å². The lowest BCUT2D eigenvalue weighted by molar-refractivity contribution is -0.137. The van der Waals surface area contributed by atoms with Gasteiger partial charge in [0, 0.05) is 32.3 Å². The van der Waals surface area contributed by atoms with Crippen LogP contribution in [0, 0.1) is 0 Å². The normalized spacial score (nSPS) is 21.5. The lowest BCUT2D eigenvalue weighted by atomic mass is 10.2. The second kappa shape index (κ2) is 8.79. The van der Waals surface area contributed by atoms with Gasteiger partial charge in [-0.05, 0) is 37.6 Å². The van der Waals surface area contributed by atoms with Crippen molar-refractivity contribution in [2.24, 2.45) is 0 Å². The van der Waals surface area contributed by atoms with Crippen molar-refractivity contribution in [2.75, 3.05) is 26.2 Å². The number of hydrogen-bond acceptors (Lipinski definition) is 4. The molecule has 1 aliphatic rings. The minimum atomic E-state index is -3.46. The van der Waals surface area contributed by atoms with Gasteiger partial charge >= 0.3 is 0 Å². The molecule has 0 aliphatic carbocycles. The van der Waals surface area contributed by atoms with Gasteiger partial charge in [-0.25, -0.2) is 8.42 Å². The van der Waals surface area contributed by atoms with Crippen molar-refractivity contribution in [2.45, 2.75) is 44.8 Å². The molecule has 1 heterocycles. The number of amides is 1. The van der Waals surface area contributed by atoms with Crippen molar-refractivity contribution < 1.29 is 17.9 Å². The molecule has 1 aliphatic heterocycles. The highest BCUT2D eigenvalue weighted by molar-refractivity contribution is 7.89. The zero-order valence-corrected chi connectivity index (χ0v) is 16.7. The maximum absolute atomic E-state index is 12.5. The van der Waals surface area contributed by atoms with Crippen LogP contribution in [0.2, 0.25) is 0 Å². The van der Waals surface area contributed by atoms with Gasteiger partial charge in [0.1, 0.15) is 0 Å². The van der Waals surface area contributed by atoms with Gasteiger partial charge in [0.2, 0.25) is 15.9 Å². The fourth-order valence-electron chi connectivity index (χ4n) is 3.09. The summed E-state index contributed by atoms with van der Waals surface area (Å²) in [5.41, 5.74) is 0.784. The predicted molar refractivity (Wildman–Crippen MR) is 102 cm³/mol. The highest BCUT2D eigenvalue weighted by Crippen LogP contribution is 2.17. The quantitative estimate of drug-likeness (QED) is 0.711. The molecule has 0 unspecified atom stereocenters. The first kappa shape index (κ1) is 20.6. The molecular formula is C19H28N2O4S. The number of ether oxygens (including phenoxy) is 1. The maximum atomic E-state index is 12.5. The highest BCUT2D eigenvalue weighted by Gasteiger charge is 2.24. The number of hydrogen-bond donors (Lipinski definition) is 0. The van der Waals surface area contributed by atoms with Crippen molar-refractivity contribution >= 4 is 22.0 Å². The van der Waals surface area contributed by atoms with Crippen LogP contribution in [0.25, 0.3) is 6.08 Å². The first-order valence-electron chi connectivity index (χ1n) is 9.00. The fraction of sp³-hybridized carbons (Fsp3) is 0.526. The molecule has 0 aromatic heterocycles. The number of carbonyl (C=O) groups excluding carboxylic acids is 1. The summed E-state index contributed by atoms with van der Waals surface area (Å²) >= 11 is 0. The molecular weight excluding hydrogens is 352 g/mol. The third-order valence-electron chi connectivity index (χ3n) is 4.37. The van der Waals surface area contributed by atoms with E-state index < -0.39 is 10.0 Å². The van der Waals surface area contributed by atoms with E-state index in [0.717, 1.165) is 5.56 Å². The average Bonchev–Trinajstić information content (AvgIpc) is 2.60. The Bertz CT molecular complexity index is 729. The molecule has 2 atom stereocenters. The molecule has 0 bridgehead atoms. The van der Waals surface area contributed by atoms with Crippen LogP contribution in [-0.2, 0) is 19.6 Å². The van der Waals surface area contributed by atoms with E-state index in [2.05, 4.69) is 0 Å². The minimum Gasteiger partial charge on any atom is -0.372 e. The first-order valence-corrected chi connectivity index (χ1v) is 10.4. The van der Waals surface area contributed by atoms with Crippen LogP contribution < -0.4 is 0 Å². The minimum absolute atomic E-state index is 0.0284. The van der Waals surface area contributed by atoms with Gasteiger partial charge in [-0.2, -0.15) is 4.31 Å². The summed E-state index contributed by atoms with van der Waals surface area (Å²) in [4.78, 5) is 14.4. The number of morpholine rings is 1. The zero-order valence-electron chi connectivity index (χ0n) is 15.9. The van der Waals surface area contributed by atoms with Crippen LogP contribution in [0.3, 0.4) is 0 Å². The molecule has 0 spiro atoms. The molecule has 6 nitrogen and oxygen atoms in total. The molecule has 7 heteroatoms. The van der Waals surface area contributed by atoms with E-state index in [-0.39, 0.29) is 23.0 Å². The number of benzene rings is 1. The van der Waals surface area contributed by atoms with Gasteiger partial charge < -0.3 is 9.64 Å². The summed E-state index contributed by atoms with van der Waals surface area (Å²) < 4.78 is 32.0. The topological polar surface area (TPSA) is 66.9 Å². The summed E-state index contributed by atoms with van der Waals surface area (Å²) in [5, 5.41) is 0. The summed E-state index contributed by atoms with van der Waals surface area (Å²) in [7, 11) is -3.46. The van der Waals surface area contributed by atoms with E-state index in [9.17, 15) is 13.2 Å². The van der Waals surface area contributed by atoms with Crippen molar-refractivity contribution in [3.63, 3.8) is 0 Å². The highest BCUT2D eigenvalue weighted by atomic mass is 32.2. The number of rotatable bonds is 6. The van der Waals surface area contributed by atoms with Crippen LogP contribution in [0.4, 0.5) is 0 Å². The lowest BCUT2D eigenvalue weighted by Crippen LogP contribution is -2.47. The standard InChI is InChI=1S/C19H28N2O4S/c1-5-21(6-2)26(23,24)18-10-7-17(8-11-18)9-12-19(22)20-13-15(3)25-16(4)14-20/h7-12,15-16H,5-6,13-14H2,1-4H3/b12-9+/t15-,16+. The Morgan fingerprint density at radius 2 is 1.69 bits per heavy atom. The Morgan fingerprint density at radius 3 is 2.19 bits per heavy atom. The third kappa shape index (κ3) is 4.93. The Morgan fingerprint density at radius 1 is 1.15 bits per heavy atom. The first-order chi connectivity index (χ1) is 12.3. The Labute approximate surface area is 156 Å². The summed E-state index contributed by atoms with van der Waals surface area (Å²) in [6.45, 7) is 9.57. The molecule has 1 fully saturated rings. The second-order valence-corrected chi connectivity index (χ2v) is 8.43. The largest absolute Gasteiger partial charge is 0.372 e. The van der Waals surface area contributed by atoms with E-state index in [4.69, 9.17) is 4.74 Å². The van der Waals surface area contributed by atoms with E-state index in [1.54, 1.807) is 35.2 Å². The van der Waals surface area contributed by atoms with Crippen LogP contribution >= 0.6 is 0 Å². The molecule has 0 saturated carbocycles. The van der Waals surface area contributed by atoms with Crippen LogP contribution in [0.1, 0.15) is 33.3 Å². The molecule has 0 N–H and O–H groups in total. The third-order valence-corrected chi connectivity index (χ3v) is 6.44. The van der Waals surface area contributed by atoms with Gasteiger partial charge in [-0.3, -0.25) is 4.79 Å². The fourth-order valence-corrected chi connectivity index (χ4v) is 4.55. The summed E-state index contributed by atoms with van der Waals surface area (Å²) in [5.74, 6) is -0.0631. The zero-order chi connectivity index (χ0) is 19.3. The van der Waals surface area contributed by atoms with Crippen molar-refractivity contribution in [1.82, 2.24) is 9.21 Å². The lowest BCUT2D eigenvalue weighted by Gasteiger charge is -2.34. The predicted octanol–water partition coefficient (Wildman–Crippen LogP) is 2.37. The van der Waals surface area contributed by atoms with Crippen molar-refractivity contribution in [1.29, 1.82) is 0 Å². The van der Waals surface area contributed by atoms with E-state index in [1.165, 1.54) is 10.4 Å². The van der Waals surface area contributed by atoms with E-state index in [0.29, 0.717) is 26.2 Å². The van der Waals surface area contributed by atoms with Crippen LogP contribution in [0.5, 0.6) is 0 Å². The van der Waals surface area contributed by atoms with Gasteiger partial charge in [0.05, 0.1) is 17.1 Å². The summed E-state index contributed by atoms with van der Waals surface area (Å²) in [6.07, 6.45) is 3.29. The van der Waals surface area contributed by atoms with Crippen LogP contribution in [-0.4, -0.2) is 61.9 Å². The SMILES string of the molecule is CCN(CC)S(=O)(=O)c1ccc(/C=C/C(=O)N2C[C@@H](C)O[C@@H](C)C2)cc1. The Kier molecular flexibility index (Phi) is 6.97. The Balaban J connectivity index is 2.07. The second-order valence-electron chi connectivity index (χ2n) is 6.49. The smallest absolute Gasteiger partial charge is 0.246 e. The Hall–Kier alpha value is -1.70. The molecule has 0 radical (unpaired) electrons. The van der Waals surface area contributed by atoms with E-state index in [1.807, 2.05) is 27.7 Å². The van der Waals surface area contributed by atoms with Crippen molar-refractivity contribution in [3.05, 3.63) is 35.9 Å². The molecule has 2 rings (SSSR count). The number of nitrogens with zero attached hydrogens (tertiary/aromatic N) is 2. The summed E-state index contributed by atoms with van der Waals surface area (Å²) in [6, 6.07) is 6.59. The van der Waals surface area contributed by atoms with E-state index >= 15 is 0 Å². The maximum Gasteiger partial charge on any atom is 0.246 e. The number of sulfonamides is 1. The molecule has 1 aromatic rings. The van der Waals surface area contributed by atoms with Crippen LogP contribution in [0.15, 0.2) is 35.2 Å². The molecule has 144 valence electrons. The van der Waals surface area contributed by atoms with Crippen molar-refractivity contribution in [3.8, 4) is 0 Å². The average molecular weight is 381 g/mol. The number of carbonyl (C=O) groups is 1. The van der Waals surface area contributed by atoms with Gasteiger partial charge in [-0.1, -0.05) is 26.0 Å². The molecule has 26 heavy (non-hydrogen) atoms. The molecule has 1 saturated heterocycles. The molecule has 1 amide bonds. The van der Waals surface area contributed by atoms with Gasteiger partial charge in [0.15, 0.2) is 0 Å². The monoisotopic (exact) mass is 380 g/mol.